The summed E-state index contributed by atoms with van der Waals surface area (Å²) in [6, 6.07) is 14.6. The number of ketones is 1. The molecule has 1 saturated heterocycles. The molecule has 5 nitrogen and oxygen atoms in total. The molecule has 0 radical (unpaired) electrons. The first kappa shape index (κ1) is 22.8. The molecule has 1 fully saturated rings. The van der Waals surface area contributed by atoms with Gasteiger partial charge in [-0.25, -0.2) is 0 Å². The fourth-order valence-corrected chi connectivity index (χ4v) is 3.91. The highest BCUT2D eigenvalue weighted by molar-refractivity contribution is 6.46. The van der Waals surface area contributed by atoms with Crippen molar-refractivity contribution in [2.75, 3.05) is 13.2 Å². The molecule has 3 rings (SSSR count). The van der Waals surface area contributed by atoms with E-state index < -0.39 is 17.7 Å². The highest BCUT2D eigenvalue weighted by Crippen LogP contribution is 2.39. The molecule has 0 aromatic heterocycles. The van der Waals surface area contributed by atoms with Crippen LogP contribution in [0.5, 0.6) is 0 Å². The summed E-state index contributed by atoms with van der Waals surface area (Å²) in [7, 11) is 0. The summed E-state index contributed by atoms with van der Waals surface area (Å²) in [6.45, 7) is 8.82. The van der Waals surface area contributed by atoms with E-state index in [0.717, 1.165) is 23.1 Å². The number of carbonyl (C=O) groups is 2. The Morgan fingerprint density at radius 1 is 1.13 bits per heavy atom. The molecule has 0 spiro atoms. The van der Waals surface area contributed by atoms with E-state index in [4.69, 9.17) is 4.74 Å². The second kappa shape index (κ2) is 9.92. The summed E-state index contributed by atoms with van der Waals surface area (Å²) in [5, 5.41) is 11.1. The van der Waals surface area contributed by atoms with Crippen molar-refractivity contribution >= 4 is 17.4 Å². The Bertz CT molecular complexity index is 975. The zero-order chi connectivity index (χ0) is 22.5. The highest BCUT2D eigenvalue weighted by Gasteiger charge is 2.45. The first-order valence-electron chi connectivity index (χ1n) is 10.9. The van der Waals surface area contributed by atoms with E-state index >= 15 is 0 Å². The molecule has 1 atom stereocenters. The Morgan fingerprint density at radius 2 is 1.84 bits per heavy atom. The van der Waals surface area contributed by atoms with Crippen LogP contribution in [0.25, 0.3) is 5.76 Å². The van der Waals surface area contributed by atoms with Crippen LogP contribution >= 0.6 is 0 Å². The van der Waals surface area contributed by atoms with Gasteiger partial charge in [0.2, 0.25) is 0 Å². The second-order valence-corrected chi connectivity index (χ2v) is 8.23. The van der Waals surface area contributed by atoms with E-state index in [2.05, 4.69) is 6.92 Å². The van der Waals surface area contributed by atoms with E-state index in [1.165, 1.54) is 0 Å². The monoisotopic (exact) mass is 421 g/mol. The molecule has 31 heavy (non-hydrogen) atoms. The number of aryl methyl sites for hydroxylation is 2. The van der Waals surface area contributed by atoms with Crippen LogP contribution in [0.4, 0.5) is 0 Å². The van der Waals surface area contributed by atoms with Gasteiger partial charge in [-0.2, -0.15) is 0 Å². The maximum atomic E-state index is 13.0. The lowest BCUT2D eigenvalue weighted by molar-refractivity contribution is -0.140. The van der Waals surface area contributed by atoms with Crippen LogP contribution in [0.1, 0.15) is 55.5 Å². The zero-order valence-corrected chi connectivity index (χ0v) is 18.7. The predicted octanol–water partition coefficient (Wildman–Crippen LogP) is 4.79. The number of aliphatic hydroxyl groups is 1. The van der Waals surface area contributed by atoms with Crippen molar-refractivity contribution in [3.63, 3.8) is 0 Å². The third kappa shape index (κ3) is 5.05. The van der Waals surface area contributed by atoms with Gasteiger partial charge >= 0.3 is 0 Å². The van der Waals surface area contributed by atoms with Gasteiger partial charge in [0.05, 0.1) is 17.7 Å². The quantitative estimate of drug-likeness (QED) is 0.288. The molecular formula is C26H31NO4. The van der Waals surface area contributed by atoms with Gasteiger partial charge in [-0.15, -0.1) is 0 Å². The van der Waals surface area contributed by atoms with Gasteiger partial charge < -0.3 is 14.7 Å². The Kier molecular flexibility index (Phi) is 7.29. The number of amides is 1. The lowest BCUT2D eigenvalue weighted by Gasteiger charge is -2.25. The molecule has 1 unspecified atom stereocenters. The number of carbonyl (C=O) groups excluding carboxylic acids is 2. The van der Waals surface area contributed by atoms with Gasteiger partial charge in [0.15, 0.2) is 0 Å². The molecule has 2 aromatic carbocycles. The molecular weight excluding hydrogens is 390 g/mol. The van der Waals surface area contributed by atoms with Crippen LogP contribution in [0.2, 0.25) is 0 Å². The summed E-state index contributed by atoms with van der Waals surface area (Å²) < 4.78 is 5.60. The fourth-order valence-electron chi connectivity index (χ4n) is 3.91. The average Bonchev–Trinajstić information content (AvgIpc) is 3.01. The molecule has 1 amide bonds. The average molecular weight is 422 g/mol. The van der Waals surface area contributed by atoms with Gasteiger partial charge in [-0.05, 0) is 44.7 Å². The van der Waals surface area contributed by atoms with Crippen molar-refractivity contribution in [2.24, 2.45) is 0 Å². The minimum absolute atomic E-state index is 0.106. The zero-order valence-electron chi connectivity index (χ0n) is 18.7. The molecule has 5 heteroatoms. The van der Waals surface area contributed by atoms with E-state index in [1.54, 1.807) is 17.0 Å². The van der Waals surface area contributed by atoms with Crippen LogP contribution in [-0.4, -0.2) is 41.0 Å². The molecule has 1 N–H and O–H groups in total. The predicted molar refractivity (Wildman–Crippen MR) is 122 cm³/mol. The number of aliphatic hydroxyl groups excluding tert-OH is 1. The standard InChI is InChI=1S/C26H31NO4/c1-5-19-10-12-20(13-11-19)24(28)22-23(21-9-6-8-18(4)16-21)27(26(30)25(22)29)14-7-15-31-17(2)3/h6,8-13,16-17,23,28H,5,7,14-15H2,1-4H3/b24-22-. The van der Waals surface area contributed by atoms with Crippen molar-refractivity contribution in [2.45, 2.75) is 52.7 Å². The normalized spacial score (nSPS) is 18.2. The summed E-state index contributed by atoms with van der Waals surface area (Å²) in [4.78, 5) is 27.5. The SMILES string of the molecule is CCc1ccc(/C(O)=C2/C(=O)C(=O)N(CCCOC(C)C)C2c2cccc(C)c2)cc1. The van der Waals surface area contributed by atoms with Crippen molar-refractivity contribution in [3.05, 3.63) is 76.4 Å². The molecule has 0 aliphatic carbocycles. The van der Waals surface area contributed by atoms with Crippen LogP contribution in [0, 0.1) is 6.92 Å². The van der Waals surface area contributed by atoms with Gasteiger partial charge in [-0.1, -0.05) is 61.0 Å². The number of ether oxygens (including phenoxy) is 1. The van der Waals surface area contributed by atoms with E-state index in [-0.39, 0.29) is 17.4 Å². The van der Waals surface area contributed by atoms with Gasteiger partial charge in [0.1, 0.15) is 5.76 Å². The van der Waals surface area contributed by atoms with Gasteiger partial charge in [0.25, 0.3) is 11.7 Å². The first-order valence-corrected chi connectivity index (χ1v) is 10.9. The summed E-state index contributed by atoms with van der Waals surface area (Å²) in [6.07, 6.45) is 1.60. The summed E-state index contributed by atoms with van der Waals surface area (Å²) >= 11 is 0. The summed E-state index contributed by atoms with van der Waals surface area (Å²) in [5.74, 6) is -1.36. The third-order valence-corrected chi connectivity index (χ3v) is 5.53. The van der Waals surface area contributed by atoms with Gasteiger partial charge in [0, 0.05) is 18.7 Å². The van der Waals surface area contributed by atoms with E-state index in [9.17, 15) is 14.7 Å². The number of nitrogens with zero attached hydrogens (tertiary/aromatic N) is 1. The summed E-state index contributed by atoms with van der Waals surface area (Å²) in [5.41, 5.74) is 3.66. The van der Waals surface area contributed by atoms with Crippen molar-refractivity contribution < 1.29 is 19.4 Å². The lowest BCUT2D eigenvalue weighted by atomic mass is 9.94. The van der Waals surface area contributed by atoms with Crippen molar-refractivity contribution in [3.8, 4) is 0 Å². The molecule has 0 saturated carbocycles. The van der Waals surface area contributed by atoms with Crippen LogP contribution in [0.15, 0.2) is 54.1 Å². The second-order valence-electron chi connectivity index (χ2n) is 8.23. The molecule has 1 aliphatic rings. The maximum absolute atomic E-state index is 13.0. The number of likely N-dealkylation sites (tertiary alicyclic amines) is 1. The number of Topliss-reactive ketones (excluding diaryl/α,β-unsaturated/α-hetero) is 1. The Labute approximate surface area is 184 Å². The van der Waals surface area contributed by atoms with Crippen molar-refractivity contribution in [1.82, 2.24) is 4.90 Å². The molecule has 2 aromatic rings. The number of hydrogen-bond donors (Lipinski definition) is 1. The molecule has 0 bridgehead atoms. The number of rotatable bonds is 8. The number of benzene rings is 2. The number of hydrogen-bond acceptors (Lipinski definition) is 4. The fraction of sp³-hybridized carbons (Fsp3) is 0.385. The minimum atomic E-state index is -0.645. The van der Waals surface area contributed by atoms with Crippen molar-refractivity contribution in [1.29, 1.82) is 0 Å². The Hall–Kier alpha value is -2.92. The van der Waals surface area contributed by atoms with Crippen LogP contribution in [-0.2, 0) is 20.7 Å². The maximum Gasteiger partial charge on any atom is 0.295 e. The Balaban J connectivity index is 2.02. The first-order chi connectivity index (χ1) is 14.8. The largest absolute Gasteiger partial charge is 0.507 e. The Morgan fingerprint density at radius 3 is 2.45 bits per heavy atom. The molecule has 1 aliphatic heterocycles. The molecule has 164 valence electrons. The third-order valence-electron chi connectivity index (χ3n) is 5.53. The van der Waals surface area contributed by atoms with E-state index in [0.29, 0.717) is 25.1 Å². The van der Waals surface area contributed by atoms with Crippen LogP contribution in [0.3, 0.4) is 0 Å². The smallest absolute Gasteiger partial charge is 0.295 e. The highest BCUT2D eigenvalue weighted by atomic mass is 16.5. The topological polar surface area (TPSA) is 66.8 Å². The molecule has 1 heterocycles. The van der Waals surface area contributed by atoms with Crippen LogP contribution < -0.4 is 0 Å². The van der Waals surface area contributed by atoms with E-state index in [1.807, 2.05) is 57.2 Å². The van der Waals surface area contributed by atoms with Gasteiger partial charge in [-0.3, -0.25) is 9.59 Å². The lowest BCUT2D eigenvalue weighted by Crippen LogP contribution is -2.31. The minimum Gasteiger partial charge on any atom is -0.507 e.